The molecule has 0 radical (unpaired) electrons. The fourth-order valence-corrected chi connectivity index (χ4v) is 14.3. The second kappa shape index (κ2) is 15.6. The third kappa shape index (κ3) is 6.02. The van der Waals surface area contributed by atoms with E-state index in [0.717, 1.165) is 29.9 Å². The molecular weight excluding hydrogens is 819 g/mol. The molecule has 2 fully saturated rings. The monoisotopic (exact) mass is 873 g/mol. The van der Waals surface area contributed by atoms with Crippen LogP contribution in [0.25, 0.3) is 44.2 Å². The zero-order chi connectivity index (χ0) is 45.6. The van der Waals surface area contributed by atoms with E-state index in [1.54, 1.807) is 5.56 Å². The molecule has 4 aliphatic carbocycles. The summed E-state index contributed by atoms with van der Waals surface area (Å²) in [5.41, 5.74) is 22.8. The number of rotatable bonds is 6. The van der Waals surface area contributed by atoms with Gasteiger partial charge < -0.3 is 4.90 Å². The first-order chi connectivity index (χ1) is 33.4. The fourth-order valence-electron chi connectivity index (χ4n) is 14.3. The highest BCUT2D eigenvalue weighted by Gasteiger charge is 2.63. The van der Waals surface area contributed by atoms with Crippen LogP contribution in [0.3, 0.4) is 0 Å². The van der Waals surface area contributed by atoms with Crippen molar-refractivity contribution in [3.8, 4) is 33.4 Å². The van der Waals surface area contributed by atoms with Crippen LogP contribution >= 0.6 is 0 Å². The standard InChI is InChI=1S/C67H55N/c1-4-16-45-39-52-43-65(2,3)44-53(40-45)66(52)61-25-14-15-26-62(61)67(59-23-12-10-21-57(59)58-22-11-13-24-60(58)67)63-38-32-51(42-64(63)66)49-29-35-55(36-30-49)68(56-37-31-47-19-8-9-20-50(47)41-56)54-33-27-48(28-34-54)46-17-6-5-7-18-46/h5-38,41-42,45,52-53H,1,39-40,43-44H2,2-3H3/t45?,52-,53+,66?. The van der Waals surface area contributed by atoms with E-state index in [4.69, 9.17) is 0 Å². The number of allylic oxidation sites excluding steroid dienone is 1. The van der Waals surface area contributed by atoms with Gasteiger partial charge in [0.15, 0.2) is 0 Å². The van der Waals surface area contributed by atoms with Gasteiger partial charge in [-0.1, -0.05) is 190 Å². The molecule has 4 aliphatic rings. The molecule has 328 valence electrons. The van der Waals surface area contributed by atoms with Crippen LogP contribution in [0.15, 0.2) is 231 Å². The van der Waals surface area contributed by atoms with Crippen molar-refractivity contribution < 1.29 is 0 Å². The predicted octanol–water partition coefficient (Wildman–Crippen LogP) is 17.4. The van der Waals surface area contributed by atoms with Gasteiger partial charge in [0.05, 0.1) is 5.41 Å². The first-order valence-corrected chi connectivity index (χ1v) is 24.7. The molecule has 0 heterocycles. The van der Waals surface area contributed by atoms with Gasteiger partial charge in [0.1, 0.15) is 0 Å². The van der Waals surface area contributed by atoms with E-state index in [1.807, 2.05) is 0 Å². The third-order valence-electron chi connectivity index (χ3n) is 16.7. The molecule has 0 N–H and O–H groups in total. The summed E-state index contributed by atoms with van der Waals surface area (Å²) < 4.78 is 0. The Bertz CT molecular complexity index is 3390. The lowest BCUT2D eigenvalue weighted by Crippen LogP contribution is -2.58. The van der Waals surface area contributed by atoms with Crippen LogP contribution in [-0.2, 0) is 10.8 Å². The van der Waals surface area contributed by atoms with Crippen LogP contribution in [0.1, 0.15) is 72.9 Å². The Morgan fingerprint density at radius 1 is 0.441 bits per heavy atom. The van der Waals surface area contributed by atoms with Gasteiger partial charge in [0.25, 0.3) is 0 Å². The summed E-state index contributed by atoms with van der Waals surface area (Å²) in [4.78, 5) is 2.40. The van der Waals surface area contributed by atoms with Gasteiger partial charge in [0, 0.05) is 22.5 Å². The van der Waals surface area contributed by atoms with Crippen molar-refractivity contribution in [1.82, 2.24) is 0 Å². The largest absolute Gasteiger partial charge is 0.310 e. The number of hydrogen-bond acceptors (Lipinski definition) is 1. The van der Waals surface area contributed by atoms with Crippen molar-refractivity contribution in [3.05, 3.63) is 264 Å². The smallest absolute Gasteiger partial charge is 0.0719 e. The van der Waals surface area contributed by atoms with Gasteiger partial charge in [-0.2, -0.15) is 0 Å². The lowest BCUT2D eigenvalue weighted by Gasteiger charge is -2.63. The van der Waals surface area contributed by atoms with E-state index in [2.05, 4.69) is 249 Å². The summed E-state index contributed by atoms with van der Waals surface area (Å²) in [5, 5.41) is 2.47. The zero-order valence-electron chi connectivity index (χ0n) is 39.0. The Hall–Kier alpha value is -7.44. The second-order valence-electron chi connectivity index (χ2n) is 20.9. The highest BCUT2D eigenvalue weighted by molar-refractivity contribution is 5.91. The maximum atomic E-state index is 4.08. The maximum absolute atomic E-state index is 4.08. The molecular formula is C67H55N. The van der Waals surface area contributed by atoms with Gasteiger partial charge in [-0.15, -0.1) is 5.73 Å². The van der Waals surface area contributed by atoms with Crippen molar-refractivity contribution in [1.29, 1.82) is 0 Å². The summed E-state index contributed by atoms with van der Waals surface area (Å²) >= 11 is 0. The Morgan fingerprint density at radius 2 is 0.926 bits per heavy atom. The maximum Gasteiger partial charge on any atom is 0.0719 e. The van der Waals surface area contributed by atoms with Gasteiger partial charge in [-0.3, -0.25) is 0 Å². The zero-order valence-corrected chi connectivity index (χ0v) is 39.0. The normalized spacial score (nSPS) is 21.0. The van der Waals surface area contributed by atoms with E-state index in [9.17, 15) is 0 Å². The molecule has 0 aliphatic heterocycles. The molecule has 2 spiro atoms. The van der Waals surface area contributed by atoms with Crippen molar-refractivity contribution in [2.75, 3.05) is 4.90 Å². The highest BCUT2D eigenvalue weighted by atomic mass is 15.1. The number of hydrogen-bond donors (Lipinski definition) is 0. The Labute approximate surface area is 401 Å². The quantitative estimate of drug-likeness (QED) is 0.151. The van der Waals surface area contributed by atoms with Crippen LogP contribution in [0.4, 0.5) is 17.1 Å². The van der Waals surface area contributed by atoms with Crippen molar-refractivity contribution in [3.63, 3.8) is 0 Å². The van der Waals surface area contributed by atoms with Crippen LogP contribution in [-0.4, -0.2) is 0 Å². The van der Waals surface area contributed by atoms with Crippen LogP contribution < -0.4 is 4.90 Å². The first-order valence-electron chi connectivity index (χ1n) is 24.7. The van der Waals surface area contributed by atoms with Gasteiger partial charge >= 0.3 is 0 Å². The van der Waals surface area contributed by atoms with E-state index in [1.165, 1.54) is 84.8 Å². The summed E-state index contributed by atoms with van der Waals surface area (Å²) in [7, 11) is 0. The summed E-state index contributed by atoms with van der Waals surface area (Å²) in [5.74, 6) is 1.41. The molecule has 4 atom stereocenters. The second-order valence-corrected chi connectivity index (χ2v) is 20.9. The van der Waals surface area contributed by atoms with E-state index in [0.29, 0.717) is 17.8 Å². The molecule has 0 saturated heterocycles. The van der Waals surface area contributed by atoms with Gasteiger partial charge in [-0.05, 0) is 175 Å². The Kier molecular flexibility index (Phi) is 9.34. The Morgan fingerprint density at radius 3 is 1.56 bits per heavy atom. The van der Waals surface area contributed by atoms with Crippen molar-refractivity contribution in [2.45, 2.75) is 50.4 Å². The van der Waals surface area contributed by atoms with E-state index in [-0.39, 0.29) is 10.8 Å². The van der Waals surface area contributed by atoms with E-state index >= 15 is 0 Å². The number of benzene rings is 9. The minimum atomic E-state index is -0.426. The van der Waals surface area contributed by atoms with Crippen molar-refractivity contribution >= 4 is 27.8 Å². The Balaban J connectivity index is 0.998. The molecule has 0 amide bonds. The lowest BCUT2D eigenvalue weighted by atomic mass is 9.40. The lowest BCUT2D eigenvalue weighted by molar-refractivity contribution is -0.00829. The molecule has 2 unspecified atom stereocenters. The van der Waals surface area contributed by atoms with Crippen molar-refractivity contribution in [2.24, 2.45) is 23.2 Å². The molecule has 1 heteroatoms. The molecule has 2 saturated carbocycles. The summed E-state index contributed by atoms with van der Waals surface area (Å²) in [6.45, 7) is 9.14. The van der Waals surface area contributed by atoms with Crippen LogP contribution in [0, 0.1) is 23.2 Å². The van der Waals surface area contributed by atoms with Crippen LogP contribution in [0.2, 0.25) is 0 Å². The van der Waals surface area contributed by atoms with E-state index < -0.39 is 5.41 Å². The number of nitrogens with zero attached hydrogens (tertiary/aromatic N) is 1. The molecule has 0 aromatic heterocycles. The third-order valence-corrected chi connectivity index (χ3v) is 16.7. The minimum Gasteiger partial charge on any atom is -0.310 e. The predicted molar refractivity (Wildman–Crippen MR) is 284 cm³/mol. The molecule has 13 rings (SSSR count). The number of anilines is 3. The topological polar surface area (TPSA) is 3.24 Å². The van der Waals surface area contributed by atoms with Crippen LogP contribution in [0.5, 0.6) is 0 Å². The minimum absolute atomic E-state index is 0.139. The summed E-state index contributed by atoms with van der Waals surface area (Å²) in [6.07, 6.45) is 6.96. The summed E-state index contributed by atoms with van der Waals surface area (Å²) in [6, 6.07) is 80.4. The highest BCUT2D eigenvalue weighted by Crippen LogP contribution is 2.70. The SMILES string of the molecule is C=C=CC1C[C@@H]2CC(C)(C)C[C@H](C1)C21c2ccccc2C2(c3ccccc3-c3ccccc32)c2ccc(-c3ccc(N(c4ccc(-c5ccccc5)cc4)c4ccc5ccccc5c4)cc3)cc21. The molecule has 9 aromatic rings. The van der Waals surface area contributed by atoms with Gasteiger partial charge in [-0.25, -0.2) is 0 Å². The average molecular weight is 874 g/mol. The molecule has 9 aromatic carbocycles. The number of fused-ring (bicyclic) bond motifs is 10. The molecule has 1 nitrogen and oxygen atoms in total. The van der Waals surface area contributed by atoms with Gasteiger partial charge in [0.2, 0.25) is 0 Å². The average Bonchev–Trinajstić information content (AvgIpc) is 3.67. The fraction of sp³-hybridized carbons (Fsp3) is 0.179. The molecule has 68 heavy (non-hydrogen) atoms. The molecule has 2 bridgehead atoms. The first kappa shape index (κ1) is 40.8.